The molecule has 30 heavy (non-hydrogen) atoms. The quantitative estimate of drug-likeness (QED) is 0.606. The van der Waals surface area contributed by atoms with Gasteiger partial charge in [0.1, 0.15) is 5.75 Å². The lowest BCUT2D eigenvalue weighted by Crippen LogP contribution is -2.37. The largest absolute Gasteiger partial charge is 0.508 e. The second-order valence-corrected chi connectivity index (χ2v) is 6.67. The topological polar surface area (TPSA) is 95.8 Å². The monoisotopic (exact) mass is 408 g/mol. The number of hydrogen-bond acceptors (Lipinski definition) is 8. The summed E-state index contributed by atoms with van der Waals surface area (Å²) < 4.78 is 19.4. The minimum absolute atomic E-state index is 0.191. The van der Waals surface area contributed by atoms with Crippen LogP contribution in [-0.2, 0) is 11.3 Å². The number of anilines is 3. The van der Waals surface area contributed by atoms with E-state index in [4.69, 9.17) is 4.74 Å². The molecule has 3 heterocycles. The number of phenolic OH excluding ortho intramolecular Hbond substituents is 1. The van der Waals surface area contributed by atoms with Crippen LogP contribution in [0.2, 0.25) is 0 Å². The molecule has 0 saturated carbocycles. The molecule has 9 heteroatoms. The standard InChI is InChI=1S/C21H21FN6O2/c22-19-13-25-20(27-21(19)28-6-8-30-9-7-28)14-23-11-16-4-5-17(12-24-16)26-15-2-1-3-18(29)10-15/h1-5,10-13,26,29H,6-9,14H2/b23-11+. The second-order valence-electron chi connectivity index (χ2n) is 6.67. The van der Waals surface area contributed by atoms with Crippen LogP contribution in [0.1, 0.15) is 11.5 Å². The van der Waals surface area contributed by atoms with Gasteiger partial charge in [0.2, 0.25) is 0 Å². The molecule has 4 rings (SSSR count). The Hall–Kier alpha value is -3.59. The Balaban J connectivity index is 1.37. The van der Waals surface area contributed by atoms with Gasteiger partial charge in [-0.05, 0) is 24.3 Å². The van der Waals surface area contributed by atoms with E-state index >= 15 is 0 Å². The van der Waals surface area contributed by atoms with Gasteiger partial charge in [-0.3, -0.25) is 9.98 Å². The van der Waals surface area contributed by atoms with Gasteiger partial charge in [0.05, 0.1) is 43.5 Å². The number of halogens is 1. The van der Waals surface area contributed by atoms with Gasteiger partial charge in [-0.1, -0.05) is 6.07 Å². The van der Waals surface area contributed by atoms with Crippen LogP contribution in [0.15, 0.2) is 53.8 Å². The molecule has 0 atom stereocenters. The van der Waals surface area contributed by atoms with Crippen molar-refractivity contribution in [2.75, 3.05) is 36.5 Å². The summed E-state index contributed by atoms with van der Waals surface area (Å²) in [6, 6.07) is 10.5. The van der Waals surface area contributed by atoms with Crippen molar-refractivity contribution in [1.29, 1.82) is 0 Å². The normalized spacial score (nSPS) is 14.2. The number of phenols is 1. The number of pyridine rings is 1. The first-order valence-corrected chi connectivity index (χ1v) is 9.53. The SMILES string of the molecule is Oc1cccc(Nc2ccc(/C=N/Cc3ncc(F)c(N4CCOCC4)n3)nc2)c1. The number of aromatic hydroxyl groups is 1. The molecule has 154 valence electrons. The van der Waals surface area contributed by atoms with E-state index in [-0.39, 0.29) is 12.3 Å². The van der Waals surface area contributed by atoms with Crippen LogP contribution in [0.5, 0.6) is 5.75 Å². The van der Waals surface area contributed by atoms with Crippen LogP contribution in [0.3, 0.4) is 0 Å². The fourth-order valence-electron chi connectivity index (χ4n) is 2.99. The molecule has 1 aliphatic heterocycles. The van der Waals surface area contributed by atoms with Crippen LogP contribution < -0.4 is 10.2 Å². The van der Waals surface area contributed by atoms with E-state index < -0.39 is 5.82 Å². The predicted molar refractivity (Wildman–Crippen MR) is 112 cm³/mol. The average molecular weight is 408 g/mol. The third kappa shape index (κ3) is 5.06. The average Bonchev–Trinajstić information content (AvgIpc) is 2.77. The highest BCUT2D eigenvalue weighted by molar-refractivity contribution is 5.77. The van der Waals surface area contributed by atoms with E-state index in [0.717, 1.165) is 11.4 Å². The number of benzene rings is 1. The number of rotatable bonds is 6. The minimum atomic E-state index is -0.443. The van der Waals surface area contributed by atoms with Gasteiger partial charge in [-0.15, -0.1) is 0 Å². The number of nitrogens with one attached hydrogen (secondary N) is 1. The molecular formula is C21H21FN6O2. The van der Waals surface area contributed by atoms with Crippen molar-refractivity contribution in [2.24, 2.45) is 4.99 Å². The van der Waals surface area contributed by atoms with Crippen molar-refractivity contribution in [3.05, 3.63) is 66.1 Å². The molecule has 2 N–H and O–H groups in total. The summed E-state index contributed by atoms with van der Waals surface area (Å²) in [5.74, 6) is 0.480. The van der Waals surface area contributed by atoms with Crippen molar-refractivity contribution in [1.82, 2.24) is 15.0 Å². The summed E-state index contributed by atoms with van der Waals surface area (Å²) in [5.41, 5.74) is 2.23. The van der Waals surface area contributed by atoms with Crippen molar-refractivity contribution in [2.45, 2.75) is 6.54 Å². The van der Waals surface area contributed by atoms with E-state index in [1.165, 1.54) is 6.20 Å². The molecule has 0 unspecified atom stereocenters. The Morgan fingerprint density at radius 3 is 2.77 bits per heavy atom. The Morgan fingerprint density at radius 2 is 2.00 bits per heavy atom. The highest BCUT2D eigenvalue weighted by Gasteiger charge is 2.17. The third-order valence-electron chi connectivity index (χ3n) is 4.46. The van der Waals surface area contributed by atoms with E-state index in [2.05, 4.69) is 25.3 Å². The Labute approximate surface area is 173 Å². The zero-order chi connectivity index (χ0) is 20.8. The van der Waals surface area contributed by atoms with Gasteiger partial charge >= 0.3 is 0 Å². The Bertz CT molecular complexity index is 1020. The molecular weight excluding hydrogens is 387 g/mol. The first-order chi connectivity index (χ1) is 14.7. The highest BCUT2D eigenvalue weighted by atomic mass is 19.1. The molecule has 0 amide bonds. The molecule has 3 aromatic rings. The van der Waals surface area contributed by atoms with Crippen molar-refractivity contribution in [3.8, 4) is 5.75 Å². The smallest absolute Gasteiger partial charge is 0.183 e. The maximum absolute atomic E-state index is 14.1. The van der Waals surface area contributed by atoms with Crippen LogP contribution >= 0.6 is 0 Å². The van der Waals surface area contributed by atoms with Crippen molar-refractivity contribution >= 4 is 23.4 Å². The lowest BCUT2D eigenvalue weighted by Gasteiger charge is -2.28. The molecule has 1 aromatic carbocycles. The fraction of sp³-hybridized carbons (Fsp3) is 0.238. The van der Waals surface area contributed by atoms with Crippen molar-refractivity contribution < 1.29 is 14.2 Å². The van der Waals surface area contributed by atoms with E-state index in [1.807, 2.05) is 23.1 Å². The highest BCUT2D eigenvalue weighted by Crippen LogP contribution is 2.20. The fourth-order valence-corrected chi connectivity index (χ4v) is 2.99. The predicted octanol–water partition coefficient (Wildman–Crippen LogP) is 2.92. The summed E-state index contributed by atoms with van der Waals surface area (Å²) in [4.78, 5) is 18.9. The number of hydrogen-bond donors (Lipinski definition) is 2. The minimum Gasteiger partial charge on any atom is -0.508 e. The third-order valence-corrected chi connectivity index (χ3v) is 4.46. The first-order valence-electron chi connectivity index (χ1n) is 9.53. The van der Waals surface area contributed by atoms with E-state index in [1.54, 1.807) is 30.6 Å². The van der Waals surface area contributed by atoms with Gasteiger partial charge in [-0.25, -0.2) is 14.4 Å². The van der Waals surface area contributed by atoms with Gasteiger partial charge in [-0.2, -0.15) is 0 Å². The zero-order valence-electron chi connectivity index (χ0n) is 16.2. The number of aliphatic imine (C=N–C) groups is 1. The molecule has 1 aliphatic rings. The van der Waals surface area contributed by atoms with Gasteiger partial charge in [0.25, 0.3) is 0 Å². The lowest BCUT2D eigenvalue weighted by molar-refractivity contribution is 0.122. The van der Waals surface area contributed by atoms with Gasteiger partial charge < -0.3 is 20.1 Å². The molecule has 0 radical (unpaired) electrons. The molecule has 0 spiro atoms. The molecule has 1 saturated heterocycles. The van der Waals surface area contributed by atoms with Crippen molar-refractivity contribution in [3.63, 3.8) is 0 Å². The molecule has 8 nitrogen and oxygen atoms in total. The number of ether oxygens (including phenoxy) is 1. The number of morpholine rings is 1. The van der Waals surface area contributed by atoms with E-state index in [9.17, 15) is 9.50 Å². The van der Waals surface area contributed by atoms with Crippen LogP contribution in [0, 0.1) is 5.82 Å². The van der Waals surface area contributed by atoms with Crippen LogP contribution in [0.4, 0.5) is 21.6 Å². The second kappa shape index (κ2) is 9.27. The van der Waals surface area contributed by atoms with Crippen LogP contribution in [-0.4, -0.2) is 52.6 Å². The molecule has 2 aromatic heterocycles. The Morgan fingerprint density at radius 1 is 1.13 bits per heavy atom. The maximum Gasteiger partial charge on any atom is 0.183 e. The molecule has 0 bridgehead atoms. The van der Waals surface area contributed by atoms with Gasteiger partial charge in [0, 0.05) is 31.1 Å². The summed E-state index contributed by atoms with van der Waals surface area (Å²) in [5, 5.41) is 12.7. The summed E-state index contributed by atoms with van der Waals surface area (Å²) >= 11 is 0. The zero-order valence-corrected chi connectivity index (χ0v) is 16.2. The molecule has 1 fully saturated rings. The Kier molecular flexibility index (Phi) is 6.09. The summed E-state index contributed by atoms with van der Waals surface area (Å²) in [7, 11) is 0. The number of aromatic nitrogens is 3. The lowest BCUT2D eigenvalue weighted by atomic mass is 10.3. The maximum atomic E-state index is 14.1. The number of nitrogens with zero attached hydrogens (tertiary/aromatic N) is 5. The van der Waals surface area contributed by atoms with E-state index in [0.29, 0.717) is 43.6 Å². The first kappa shape index (κ1) is 19.7. The van der Waals surface area contributed by atoms with Gasteiger partial charge in [0.15, 0.2) is 17.5 Å². The van der Waals surface area contributed by atoms with Crippen LogP contribution in [0.25, 0.3) is 0 Å². The molecule has 0 aliphatic carbocycles. The summed E-state index contributed by atoms with van der Waals surface area (Å²) in [6.07, 6.45) is 4.48. The summed E-state index contributed by atoms with van der Waals surface area (Å²) in [6.45, 7) is 2.54.